The first-order valence-electron chi connectivity index (χ1n) is 3.78. The Bertz CT molecular complexity index is 182. The fraction of sp³-hybridized carbons (Fsp3) is 1.00. The van der Waals surface area contributed by atoms with E-state index < -0.39 is 17.4 Å². The first kappa shape index (κ1) is 10.2. The minimum Gasteiger partial charge on any atom is -0.392 e. The lowest BCUT2D eigenvalue weighted by atomic mass is 9.50. The lowest BCUT2D eigenvalue weighted by Gasteiger charge is -2.60. The number of hydrogen-bond acceptors (Lipinski definition) is 2. The van der Waals surface area contributed by atoms with Crippen LogP contribution in [0.15, 0.2) is 0 Å². The van der Waals surface area contributed by atoms with Crippen LogP contribution in [0.25, 0.3) is 0 Å². The first-order chi connectivity index (χ1) is 4.96. The zero-order valence-corrected chi connectivity index (χ0v) is 7.28. The number of hydrogen-bond donors (Lipinski definition) is 2. The molecule has 72 valence electrons. The molecule has 0 amide bonds. The SMILES string of the molecule is Cl.NC1CC(O)C12CC(F)(F)C2. The fourth-order valence-electron chi connectivity index (χ4n) is 2.21. The quantitative estimate of drug-likeness (QED) is 0.610. The zero-order chi connectivity index (χ0) is 8.28. The highest BCUT2D eigenvalue weighted by Gasteiger charge is 2.67. The van der Waals surface area contributed by atoms with Gasteiger partial charge >= 0.3 is 0 Å². The molecule has 1 spiro atoms. The number of nitrogens with two attached hydrogens (primary N) is 1. The van der Waals surface area contributed by atoms with Crippen LogP contribution in [0.2, 0.25) is 0 Å². The molecule has 5 heteroatoms. The summed E-state index contributed by atoms with van der Waals surface area (Å²) in [7, 11) is 0. The second-order valence-corrected chi connectivity index (χ2v) is 3.80. The van der Waals surface area contributed by atoms with E-state index in [9.17, 15) is 13.9 Å². The van der Waals surface area contributed by atoms with Gasteiger partial charge in [0.15, 0.2) is 0 Å². The molecule has 0 saturated heterocycles. The topological polar surface area (TPSA) is 46.2 Å². The van der Waals surface area contributed by atoms with Crippen molar-refractivity contribution in [2.75, 3.05) is 0 Å². The highest BCUT2D eigenvalue weighted by atomic mass is 35.5. The molecule has 2 fully saturated rings. The first-order valence-corrected chi connectivity index (χ1v) is 3.78. The van der Waals surface area contributed by atoms with E-state index in [2.05, 4.69) is 0 Å². The van der Waals surface area contributed by atoms with Crippen LogP contribution in [0.1, 0.15) is 19.3 Å². The third-order valence-electron chi connectivity index (χ3n) is 3.05. The van der Waals surface area contributed by atoms with Gasteiger partial charge in [0.2, 0.25) is 5.92 Å². The average molecular weight is 200 g/mol. The lowest BCUT2D eigenvalue weighted by molar-refractivity contribution is -0.249. The maximum atomic E-state index is 12.4. The van der Waals surface area contributed by atoms with Crippen LogP contribution in [-0.2, 0) is 0 Å². The number of alkyl halides is 2. The molecule has 2 aliphatic rings. The van der Waals surface area contributed by atoms with Crippen molar-refractivity contribution in [3.8, 4) is 0 Å². The van der Waals surface area contributed by atoms with Crippen LogP contribution in [-0.4, -0.2) is 23.2 Å². The highest BCUT2D eigenvalue weighted by Crippen LogP contribution is 2.61. The van der Waals surface area contributed by atoms with E-state index in [1.54, 1.807) is 0 Å². The van der Waals surface area contributed by atoms with Crippen LogP contribution in [0, 0.1) is 5.41 Å². The van der Waals surface area contributed by atoms with Crippen LogP contribution in [0.5, 0.6) is 0 Å². The molecular weight excluding hydrogens is 188 g/mol. The summed E-state index contributed by atoms with van der Waals surface area (Å²) >= 11 is 0. The van der Waals surface area contributed by atoms with Crippen LogP contribution in [0.4, 0.5) is 8.78 Å². The largest absolute Gasteiger partial charge is 0.392 e. The Morgan fingerprint density at radius 1 is 1.33 bits per heavy atom. The Morgan fingerprint density at radius 2 is 1.83 bits per heavy atom. The van der Waals surface area contributed by atoms with E-state index in [0.29, 0.717) is 6.42 Å². The van der Waals surface area contributed by atoms with Gasteiger partial charge in [0.25, 0.3) is 0 Å². The molecule has 0 aromatic heterocycles. The van der Waals surface area contributed by atoms with E-state index in [1.807, 2.05) is 0 Å². The monoisotopic (exact) mass is 199 g/mol. The number of aliphatic hydroxyl groups excluding tert-OH is 1. The molecule has 2 nitrogen and oxygen atoms in total. The zero-order valence-electron chi connectivity index (χ0n) is 6.46. The summed E-state index contributed by atoms with van der Waals surface area (Å²) in [6, 6.07) is -0.211. The molecule has 2 aliphatic carbocycles. The van der Waals surface area contributed by atoms with Gasteiger partial charge < -0.3 is 10.8 Å². The van der Waals surface area contributed by atoms with Gasteiger partial charge in [0.1, 0.15) is 0 Å². The maximum absolute atomic E-state index is 12.4. The van der Waals surface area contributed by atoms with Crippen molar-refractivity contribution < 1.29 is 13.9 Å². The number of aliphatic hydroxyl groups is 1. The smallest absolute Gasteiger partial charge is 0.249 e. The van der Waals surface area contributed by atoms with E-state index >= 15 is 0 Å². The highest BCUT2D eigenvalue weighted by molar-refractivity contribution is 5.85. The number of halogens is 3. The van der Waals surface area contributed by atoms with Crippen molar-refractivity contribution in [3.63, 3.8) is 0 Å². The molecular formula is C7H12ClF2NO. The molecule has 0 radical (unpaired) electrons. The van der Waals surface area contributed by atoms with Gasteiger partial charge in [-0.2, -0.15) is 0 Å². The predicted molar refractivity (Wildman–Crippen MR) is 42.5 cm³/mol. The molecule has 2 rings (SSSR count). The summed E-state index contributed by atoms with van der Waals surface area (Å²) in [6.45, 7) is 0. The Balaban J connectivity index is 0.000000720. The maximum Gasteiger partial charge on any atom is 0.249 e. The second kappa shape index (κ2) is 2.53. The van der Waals surface area contributed by atoms with Crippen molar-refractivity contribution in [2.45, 2.75) is 37.3 Å². The van der Waals surface area contributed by atoms with Gasteiger partial charge in [-0.15, -0.1) is 12.4 Å². The van der Waals surface area contributed by atoms with Gasteiger partial charge in [0, 0.05) is 24.3 Å². The van der Waals surface area contributed by atoms with Crippen molar-refractivity contribution in [1.82, 2.24) is 0 Å². The van der Waals surface area contributed by atoms with Gasteiger partial charge in [-0.25, -0.2) is 8.78 Å². The molecule has 2 atom stereocenters. The van der Waals surface area contributed by atoms with E-state index in [4.69, 9.17) is 5.73 Å². The Morgan fingerprint density at radius 3 is 2.00 bits per heavy atom. The summed E-state index contributed by atoms with van der Waals surface area (Å²) in [5.41, 5.74) is 4.92. The normalized spacial score (nSPS) is 41.0. The second-order valence-electron chi connectivity index (χ2n) is 3.80. The van der Waals surface area contributed by atoms with E-state index in [-0.39, 0.29) is 31.3 Å². The number of rotatable bonds is 0. The van der Waals surface area contributed by atoms with Crippen molar-refractivity contribution in [1.29, 1.82) is 0 Å². The molecule has 12 heavy (non-hydrogen) atoms. The van der Waals surface area contributed by atoms with Gasteiger partial charge in [-0.1, -0.05) is 0 Å². The van der Waals surface area contributed by atoms with Crippen LogP contribution in [0.3, 0.4) is 0 Å². The molecule has 0 aromatic carbocycles. The molecule has 0 bridgehead atoms. The van der Waals surface area contributed by atoms with Crippen molar-refractivity contribution in [3.05, 3.63) is 0 Å². The minimum atomic E-state index is -2.57. The molecule has 2 saturated carbocycles. The summed E-state index contributed by atoms with van der Waals surface area (Å²) in [5.74, 6) is -2.57. The molecule has 0 aliphatic heterocycles. The van der Waals surface area contributed by atoms with E-state index in [0.717, 1.165) is 0 Å². The summed E-state index contributed by atoms with van der Waals surface area (Å²) in [5, 5.41) is 9.21. The fourth-order valence-corrected chi connectivity index (χ4v) is 2.21. The molecule has 0 heterocycles. The summed E-state index contributed by atoms with van der Waals surface area (Å²) in [4.78, 5) is 0. The predicted octanol–water partition coefficient (Wildman–Crippen LogP) is 0.916. The Kier molecular flexibility index (Phi) is 2.14. The van der Waals surface area contributed by atoms with E-state index in [1.165, 1.54) is 0 Å². The lowest BCUT2D eigenvalue weighted by Crippen LogP contribution is -2.70. The van der Waals surface area contributed by atoms with Gasteiger partial charge in [-0.3, -0.25) is 0 Å². The molecule has 0 aromatic rings. The summed E-state index contributed by atoms with van der Waals surface area (Å²) in [6.07, 6.45) is -0.544. The molecule has 3 N–H and O–H groups in total. The Labute approximate surface area is 75.5 Å². The van der Waals surface area contributed by atoms with Gasteiger partial charge in [-0.05, 0) is 6.42 Å². The average Bonchev–Trinajstić information content (AvgIpc) is 1.83. The van der Waals surface area contributed by atoms with Crippen LogP contribution < -0.4 is 5.73 Å². The van der Waals surface area contributed by atoms with Gasteiger partial charge in [0.05, 0.1) is 6.10 Å². The standard InChI is InChI=1S/C7H11F2NO.ClH/c8-7(9)2-6(3-7)4(10)1-5(6)11;/h4-5,11H,1-3,10H2;1H. The minimum absolute atomic E-state index is 0. The van der Waals surface area contributed by atoms with Crippen molar-refractivity contribution in [2.24, 2.45) is 11.1 Å². The third kappa shape index (κ3) is 1.05. The third-order valence-corrected chi connectivity index (χ3v) is 3.05. The van der Waals surface area contributed by atoms with Crippen molar-refractivity contribution >= 4 is 12.4 Å². The van der Waals surface area contributed by atoms with Crippen LogP contribution >= 0.6 is 12.4 Å². The Hall–Kier alpha value is 0.0700. The molecule has 2 unspecified atom stereocenters. The summed E-state index contributed by atoms with van der Waals surface area (Å²) < 4.78 is 24.9.